The summed E-state index contributed by atoms with van der Waals surface area (Å²) in [7, 11) is 1.63. The monoisotopic (exact) mass is 496 g/mol. The number of anilines is 1. The van der Waals surface area contributed by atoms with Gasteiger partial charge in [0.2, 0.25) is 11.8 Å². The maximum absolute atomic E-state index is 13.5. The van der Waals surface area contributed by atoms with Crippen molar-refractivity contribution in [3.05, 3.63) is 113 Å². The zero-order valence-corrected chi connectivity index (χ0v) is 21.3. The first-order valence-electron chi connectivity index (χ1n) is 12.4. The highest BCUT2D eigenvalue weighted by Crippen LogP contribution is 2.25. The fraction of sp³-hybridized carbons (Fsp3) is 0.226. The number of carbonyl (C=O) groups is 2. The lowest BCUT2D eigenvalue weighted by Crippen LogP contribution is -2.31. The molecule has 1 aliphatic rings. The van der Waals surface area contributed by atoms with Crippen molar-refractivity contribution in [3.63, 3.8) is 0 Å². The zero-order valence-electron chi connectivity index (χ0n) is 21.3. The first kappa shape index (κ1) is 25.8. The summed E-state index contributed by atoms with van der Waals surface area (Å²) in [6, 6.07) is 23.2. The molecule has 3 aromatic rings. The van der Waals surface area contributed by atoms with Gasteiger partial charge in [0.05, 0.1) is 7.11 Å². The molecule has 0 spiro atoms. The number of nitrogens with one attached hydrogen (secondary N) is 1. The second kappa shape index (κ2) is 12.6. The normalized spacial score (nSPS) is 12.4. The minimum atomic E-state index is -0.119. The van der Waals surface area contributed by atoms with E-state index in [1.54, 1.807) is 19.2 Å². The van der Waals surface area contributed by atoms with Gasteiger partial charge in [0.1, 0.15) is 18.1 Å². The Balaban J connectivity index is 1.51. The van der Waals surface area contributed by atoms with Crippen molar-refractivity contribution in [2.45, 2.75) is 39.5 Å². The van der Waals surface area contributed by atoms with E-state index in [2.05, 4.69) is 11.4 Å². The van der Waals surface area contributed by atoms with Gasteiger partial charge in [-0.1, -0.05) is 54.6 Å². The molecular formula is C31H32N2O4. The van der Waals surface area contributed by atoms with Crippen molar-refractivity contribution in [3.8, 4) is 11.5 Å². The second-order valence-electron chi connectivity index (χ2n) is 8.95. The van der Waals surface area contributed by atoms with Gasteiger partial charge >= 0.3 is 0 Å². The van der Waals surface area contributed by atoms with Gasteiger partial charge in [-0.15, -0.1) is 0 Å². The summed E-state index contributed by atoms with van der Waals surface area (Å²) < 4.78 is 11.6. The number of amides is 2. The molecule has 1 N–H and O–H groups in total. The maximum atomic E-state index is 13.5. The molecule has 0 unspecified atom stereocenters. The van der Waals surface area contributed by atoms with Gasteiger partial charge in [0.15, 0.2) is 0 Å². The van der Waals surface area contributed by atoms with E-state index in [1.807, 2.05) is 77.7 Å². The van der Waals surface area contributed by atoms with Crippen LogP contribution in [0.4, 0.5) is 5.69 Å². The zero-order chi connectivity index (χ0) is 26.0. The SMILES string of the molecule is COc1ccc(CN(Cc2ccccc2)C(=O)C2=CC=CCC2)cc1COc1ccc(NC(C)=O)cc1. The standard InChI is InChI=1S/C31H32N2O4/c1-23(34)32-28-14-16-29(17-15-28)37-22-27-19-25(13-18-30(27)36-2)21-33(20-24-9-5-3-6-10-24)31(35)26-11-7-4-8-12-26/h3-7,9-11,13-19H,8,12,20-22H2,1-2H3,(H,32,34). The Morgan fingerprint density at radius 3 is 2.38 bits per heavy atom. The van der Waals surface area contributed by atoms with Crippen molar-refractivity contribution in [2.75, 3.05) is 12.4 Å². The van der Waals surface area contributed by atoms with E-state index in [4.69, 9.17) is 9.47 Å². The third-order valence-corrected chi connectivity index (χ3v) is 6.08. The van der Waals surface area contributed by atoms with Gasteiger partial charge in [0.25, 0.3) is 0 Å². The Morgan fingerprint density at radius 2 is 1.70 bits per heavy atom. The Morgan fingerprint density at radius 1 is 0.946 bits per heavy atom. The van der Waals surface area contributed by atoms with Crippen LogP contribution in [-0.4, -0.2) is 23.8 Å². The Kier molecular flexibility index (Phi) is 8.76. The highest BCUT2D eigenvalue weighted by molar-refractivity contribution is 5.94. The largest absolute Gasteiger partial charge is 0.496 e. The van der Waals surface area contributed by atoms with E-state index in [9.17, 15) is 9.59 Å². The van der Waals surface area contributed by atoms with E-state index in [-0.39, 0.29) is 11.8 Å². The third-order valence-electron chi connectivity index (χ3n) is 6.08. The van der Waals surface area contributed by atoms with Crippen molar-refractivity contribution in [1.29, 1.82) is 0 Å². The molecule has 2 amide bonds. The average Bonchev–Trinajstić information content (AvgIpc) is 2.93. The third kappa shape index (κ3) is 7.34. The van der Waals surface area contributed by atoms with Crippen molar-refractivity contribution in [2.24, 2.45) is 0 Å². The summed E-state index contributed by atoms with van der Waals surface area (Å²) in [6.07, 6.45) is 7.61. The molecule has 4 rings (SSSR count). The number of hydrogen-bond acceptors (Lipinski definition) is 4. The molecule has 0 saturated carbocycles. The van der Waals surface area contributed by atoms with Crippen molar-refractivity contribution >= 4 is 17.5 Å². The van der Waals surface area contributed by atoms with Crippen LogP contribution in [0.3, 0.4) is 0 Å². The van der Waals surface area contributed by atoms with Crippen LogP contribution in [-0.2, 0) is 29.3 Å². The predicted octanol–water partition coefficient (Wildman–Crippen LogP) is 6.04. The molecule has 0 aromatic heterocycles. The van der Waals surface area contributed by atoms with E-state index in [1.165, 1.54) is 6.92 Å². The maximum Gasteiger partial charge on any atom is 0.250 e. The lowest BCUT2D eigenvalue weighted by Gasteiger charge is -2.25. The highest BCUT2D eigenvalue weighted by Gasteiger charge is 2.20. The summed E-state index contributed by atoms with van der Waals surface area (Å²) in [6.45, 7) is 2.77. The van der Waals surface area contributed by atoms with Crippen LogP contribution in [0.1, 0.15) is 36.5 Å². The number of ether oxygens (including phenoxy) is 2. The smallest absolute Gasteiger partial charge is 0.250 e. The fourth-order valence-corrected chi connectivity index (χ4v) is 4.25. The van der Waals surface area contributed by atoms with Gasteiger partial charge in [-0.25, -0.2) is 0 Å². The van der Waals surface area contributed by atoms with Gasteiger partial charge < -0.3 is 19.7 Å². The van der Waals surface area contributed by atoms with Crippen LogP contribution in [0.15, 0.2) is 96.6 Å². The predicted molar refractivity (Wildman–Crippen MR) is 145 cm³/mol. The molecule has 0 bridgehead atoms. The summed E-state index contributed by atoms with van der Waals surface area (Å²) in [5, 5.41) is 2.75. The second-order valence-corrected chi connectivity index (χ2v) is 8.95. The van der Waals surface area contributed by atoms with E-state index < -0.39 is 0 Å². The van der Waals surface area contributed by atoms with Gasteiger partial charge in [-0.05, 0) is 60.4 Å². The minimum Gasteiger partial charge on any atom is -0.496 e. The topological polar surface area (TPSA) is 67.9 Å². The van der Waals surface area contributed by atoms with Gasteiger partial charge in [0, 0.05) is 36.8 Å². The average molecular weight is 497 g/mol. The van der Waals surface area contributed by atoms with Crippen LogP contribution in [0.5, 0.6) is 11.5 Å². The minimum absolute atomic E-state index is 0.0566. The molecule has 190 valence electrons. The Labute approximate surface area is 218 Å². The summed E-state index contributed by atoms with van der Waals surface area (Å²) >= 11 is 0. The van der Waals surface area contributed by atoms with E-state index in [0.717, 1.165) is 40.9 Å². The summed E-state index contributed by atoms with van der Waals surface area (Å²) in [5.41, 5.74) is 4.52. The highest BCUT2D eigenvalue weighted by atomic mass is 16.5. The number of carbonyl (C=O) groups excluding carboxylic acids is 2. The number of rotatable bonds is 10. The lowest BCUT2D eigenvalue weighted by molar-refractivity contribution is -0.128. The molecule has 37 heavy (non-hydrogen) atoms. The molecule has 0 aliphatic heterocycles. The molecular weight excluding hydrogens is 464 g/mol. The lowest BCUT2D eigenvalue weighted by atomic mass is 10.0. The molecule has 6 heteroatoms. The number of benzene rings is 3. The van der Waals surface area contributed by atoms with E-state index >= 15 is 0 Å². The molecule has 0 radical (unpaired) electrons. The summed E-state index contributed by atoms with van der Waals surface area (Å²) in [5.74, 6) is 1.34. The number of allylic oxidation sites excluding steroid dienone is 3. The molecule has 3 aromatic carbocycles. The Bertz CT molecular complexity index is 1280. The number of hydrogen-bond donors (Lipinski definition) is 1. The van der Waals surface area contributed by atoms with Crippen LogP contribution in [0.2, 0.25) is 0 Å². The van der Waals surface area contributed by atoms with Gasteiger partial charge in [-0.2, -0.15) is 0 Å². The first-order chi connectivity index (χ1) is 18.0. The number of methoxy groups -OCH3 is 1. The van der Waals surface area contributed by atoms with Crippen LogP contribution >= 0.6 is 0 Å². The van der Waals surface area contributed by atoms with Crippen LogP contribution < -0.4 is 14.8 Å². The van der Waals surface area contributed by atoms with Crippen molar-refractivity contribution in [1.82, 2.24) is 4.90 Å². The molecule has 1 aliphatic carbocycles. The van der Waals surface area contributed by atoms with Crippen LogP contribution in [0.25, 0.3) is 0 Å². The molecule has 0 saturated heterocycles. The van der Waals surface area contributed by atoms with Crippen LogP contribution in [0, 0.1) is 0 Å². The quantitative estimate of drug-likeness (QED) is 0.372. The first-order valence-corrected chi connectivity index (χ1v) is 12.4. The Hall–Kier alpha value is -4.32. The van der Waals surface area contributed by atoms with Crippen molar-refractivity contribution < 1.29 is 19.1 Å². The molecule has 0 fully saturated rings. The van der Waals surface area contributed by atoms with E-state index in [0.29, 0.717) is 31.1 Å². The molecule has 0 heterocycles. The fourth-order valence-electron chi connectivity index (χ4n) is 4.25. The number of nitrogens with zero attached hydrogens (tertiary/aromatic N) is 1. The molecule has 6 nitrogen and oxygen atoms in total. The molecule has 0 atom stereocenters. The summed E-state index contributed by atoms with van der Waals surface area (Å²) in [4.78, 5) is 26.6. The van der Waals surface area contributed by atoms with Gasteiger partial charge in [-0.3, -0.25) is 9.59 Å².